The molecular formula is C9H18N2O2. The minimum atomic E-state index is -0.426. The van der Waals surface area contributed by atoms with Crippen LogP contribution in [0.4, 0.5) is 0 Å². The Morgan fingerprint density at radius 1 is 1.62 bits per heavy atom. The second-order valence-electron chi connectivity index (χ2n) is 4.00. The van der Waals surface area contributed by atoms with Gasteiger partial charge in [-0.15, -0.1) is 0 Å². The second kappa shape index (κ2) is 4.07. The van der Waals surface area contributed by atoms with Gasteiger partial charge in [0.25, 0.3) is 0 Å². The number of nitrogens with two attached hydrogens (primary N) is 1. The van der Waals surface area contributed by atoms with E-state index in [2.05, 4.69) is 0 Å². The van der Waals surface area contributed by atoms with Crippen molar-refractivity contribution in [2.45, 2.75) is 32.4 Å². The maximum Gasteiger partial charge on any atom is 0.239 e. The lowest BCUT2D eigenvalue weighted by atomic mass is 10.0. The first-order valence-corrected chi connectivity index (χ1v) is 4.74. The molecule has 0 aromatic rings. The Morgan fingerprint density at radius 2 is 2.23 bits per heavy atom. The molecule has 0 aromatic heterocycles. The van der Waals surface area contributed by atoms with Gasteiger partial charge in [0.05, 0.1) is 12.1 Å². The van der Waals surface area contributed by atoms with Gasteiger partial charge in [0.2, 0.25) is 5.91 Å². The molecule has 1 aliphatic rings. The number of hydrogen-bond donors (Lipinski definition) is 2. The summed E-state index contributed by atoms with van der Waals surface area (Å²) in [6, 6.07) is -0.426. The average molecular weight is 186 g/mol. The number of rotatable bonds is 2. The molecule has 2 atom stereocenters. The highest BCUT2D eigenvalue weighted by Crippen LogP contribution is 2.12. The summed E-state index contributed by atoms with van der Waals surface area (Å²) in [5.74, 6) is 0.122. The standard InChI is InChI=1S/C9H18N2O2/c1-6(2)8(10)9(13)11-4-3-7(12)5-11/h6-8,12H,3-5,10H2,1-2H3/t7-,8?/m0/s1. The van der Waals surface area contributed by atoms with E-state index in [0.29, 0.717) is 19.5 Å². The first kappa shape index (κ1) is 10.5. The van der Waals surface area contributed by atoms with Crippen LogP contribution in [0.25, 0.3) is 0 Å². The van der Waals surface area contributed by atoms with E-state index in [4.69, 9.17) is 5.73 Å². The van der Waals surface area contributed by atoms with Crippen molar-refractivity contribution in [2.24, 2.45) is 11.7 Å². The van der Waals surface area contributed by atoms with Gasteiger partial charge in [0.15, 0.2) is 0 Å². The Labute approximate surface area is 78.7 Å². The van der Waals surface area contributed by atoms with Crippen molar-refractivity contribution in [1.82, 2.24) is 4.90 Å². The van der Waals surface area contributed by atoms with Gasteiger partial charge >= 0.3 is 0 Å². The highest BCUT2D eigenvalue weighted by Gasteiger charge is 2.29. The Morgan fingerprint density at radius 3 is 2.62 bits per heavy atom. The summed E-state index contributed by atoms with van der Waals surface area (Å²) in [5, 5.41) is 9.23. The molecule has 1 amide bonds. The van der Waals surface area contributed by atoms with E-state index in [-0.39, 0.29) is 17.9 Å². The molecule has 76 valence electrons. The van der Waals surface area contributed by atoms with Crippen LogP contribution in [0.2, 0.25) is 0 Å². The van der Waals surface area contributed by atoms with E-state index in [9.17, 15) is 9.90 Å². The number of amides is 1. The van der Waals surface area contributed by atoms with Crippen LogP contribution in [0.3, 0.4) is 0 Å². The molecule has 0 radical (unpaired) electrons. The van der Waals surface area contributed by atoms with Crippen molar-refractivity contribution in [3.63, 3.8) is 0 Å². The van der Waals surface area contributed by atoms with Crippen LogP contribution in [0, 0.1) is 5.92 Å². The van der Waals surface area contributed by atoms with Gasteiger partial charge in [-0.2, -0.15) is 0 Å². The lowest BCUT2D eigenvalue weighted by Gasteiger charge is -2.22. The van der Waals surface area contributed by atoms with Crippen molar-refractivity contribution >= 4 is 5.91 Å². The molecule has 1 saturated heterocycles. The molecular weight excluding hydrogens is 168 g/mol. The number of likely N-dealkylation sites (tertiary alicyclic amines) is 1. The van der Waals surface area contributed by atoms with Gasteiger partial charge in [-0.1, -0.05) is 13.8 Å². The summed E-state index contributed by atoms with van der Waals surface area (Å²) >= 11 is 0. The summed E-state index contributed by atoms with van der Waals surface area (Å²) < 4.78 is 0. The SMILES string of the molecule is CC(C)C(N)C(=O)N1CC[C@H](O)C1. The fourth-order valence-corrected chi connectivity index (χ4v) is 1.44. The first-order chi connectivity index (χ1) is 6.02. The van der Waals surface area contributed by atoms with Gasteiger partial charge in [-0.05, 0) is 12.3 Å². The molecule has 1 heterocycles. The van der Waals surface area contributed by atoms with Crippen molar-refractivity contribution in [1.29, 1.82) is 0 Å². The molecule has 1 fully saturated rings. The molecule has 1 unspecified atom stereocenters. The molecule has 0 bridgehead atoms. The number of nitrogens with zero attached hydrogens (tertiary/aromatic N) is 1. The van der Waals surface area contributed by atoms with Crippen LogP contribution >= 0.6 is 0 Å². The molecule has 13 heavy (non-hydrogen) atoms. The monoisotopic (exact) mass is 186 g/mol. The highest BCUT2D eigenvalue weighted by atomic mass is 16.3. The Kier molecular flexibility index (Phi) is 3.27. The number of hydrogen-bond acceptors (Lipinski definition) is 3. The predicted octanol–water partition coefficient (Wildman–Crippen LogP) is -0.437. The van der Waals surface area contributed by atoms with E-state index in [0.717, 1.165) is 0 Å². The molecule has 0 spiro atoms. The number of aliphatic hydroxyl groups excluding tert-OH is 1. The fourth-order valence-electron chi connectivity index (χ4n) is 1.44. The number of carbonyl (C=O) groups excluding carboxylic acids is 1. The van der Waals surface area contributed by atoms with Gasteiger partial charge in [0.1, 0.15) is 0 Å². The summed E-state index contributed by atoms with van der Waals surface area (Å²) in [7, 11) is 0. The number of carbonyl (C=O) groups is 1. The van der Waals surface area contributed by atoms with Crippen molar-refractivity contribution in [2.75, 3.05) is 13.1 Å². The topological polar surface area (TPSA) is 66.6 Å². The van der Waals surface area contributed by atoms with Crippen LogP contribution in [-0.4, -0.2) is 41.1 Å². The Balaban J connectivity index is 2.48. The lowest BCUT2D eigenvalue weighted by Crippen LogP contribution is -2.45. The van der Waals surface area contributed by atoms with E-state index in [1.54, 1.807) is 4.90 Å². The lowest BCUT2D eigenvalue weighted by molar-refractivity contribution is -0.132. The minimum absolute atomic E-state index is 0.0356. The molecule has 4 nitrogen and oxygen atoms in total. The smallest absolute Gasteiger partial charge is 0.239 e. The third-order valence-corrected chi connectivity index (χ3v) is 2.48. The summed E-state index contributed by atoms with van der Waals surface area (Å²) in [5.41, 5.74) is 5.71. The normalized spacial score (nSPS) is 25.3. The zero-order chi connectivity index (χ0) is 10.0. The summed E-state index contributed by atoms with van der Waals surface area (Å²) in [4.78, 5) is 13.3. The highest BCUT2D eigenvalue weighted by molar-refractivity contribution is 5.82. The summed E-state index contributed by atoms with van der Waals surface area (Å²) in [6.07, 6.45) is 0.319. The molecule has 0 saturated carbocycles. The molecule has 3 N–H and O–H groups in total. The number of aliphatic hydroxyl groups is 1. The Bertz CT molecular complexity index is 194. The predicted molar refractivity (Wildman–Crippen MR) is 50.0 cm³/mol. The zero-order valence-electron chi connectivity index (χ0n) is 8.23. The van der Waals surface area contributed by atoms with Crippen LogP contribution in [0.15, 0.2) is 0 Å². The Hall–Kier alpha value is -0.610. The zero-order valence-corrected chi connectivity index (χ0v) is 8.23. The molecule has 1 rings (SSSR count). The fraction of sp³-hybridized carbons (Fsp3) is 0.889. The molecule has 0 aromatic carbocycles. The third kappa shape index (κ3) is 2.42. The van der Waals surface area contributed by atoms with Crippen LogP contribution in [0.1, 0.15) is 20.3 Å². The van der Waals surface area contributed by atoms with Gasteiger partial charge in [-0.3, -0.25) is 4.79 Å². The van der Waals surface area contributed by atoms with E-state index in [1.165, 1.54) is 0 Å². The minimum Gasteiger partial charge on any atom is -0.391 e. The second-order valence-corrected chi connectivity index (χ2v) is 4.00. The maximum absolute atomic E-state index is 11.6. The molecule has 4 heteroatoms. The summed E-state index contributed by atoms with van der Waals surface area (Å²) in [6.45, 7) is 4.93. The van der Waals surface area contributed by atoms with Crippen LogP contribution in [-0.2, 0) is 4.79 Å². The van der Waals surface area contributed by atoms with E-state index < -0.39 is 6.04 Å². The van der Waals surface area contributed by atoms with Gasteiger partial charge < -0.3 is 15.7 Å². The van der Waals surface area contributed by atoms with Crippen LogP contribution < -0.4 is 5.73 Å². The van der Waals surface area contributed by atoms with Gasteiger partial charge in [-0.25, -0.2) is 0 Å². The van der Waals surface area contributed by atoms with Crippen molar-refractivity contribution in [3.8, 4) is 0 Å². The van der Waals surface area contributed by atoms with E-state index >= 15 is 0 Å². The molecule has 1 aliphatic heterocycles. The van der Waals surface area contributed by atoms with Crippen molar-refractivity contribution in [3.05, 3.63) is 0 Å². The first-order valence-electron chi connectivity index (χ1n) is 4.74. The van der Waals surface area contributed by atoms with Crippen LogP contribution in [0.5, 0.6) is 0 Å². The largest absolute Gasteiger partial charge is 0.391 e. The number of β-amino-alcohol motifs (C(OH)–C–C–N with tert-alkyl or cyclic N) is 1. The average Bonchev–Trinajstić information content (AvgIpc) is 2.49. The molecule has 0 aliphatic carbocycles. The maximum atomic E-state index is 11.6. The quantitative estimate of drug-likeness (QED) is 0.614. The van der Waals surface area contributed by atoms with Gasteiger partial charge in [0, 0.05) is 13.1 Å². The van der Waals surface area contributed by atoms with E-state index in [1.807, 2.05) is 13.8 Å². The third-order valence-electron chi connectivity index (χ3n) is 2.48. The van der Waals surface area contributed by atoms with Crippen molar-refractivity contribution < 1.29 is 9.90 Å².